The molecule has 1 aliphatic heterocycles. The minimum atomic E-state index is -0.494. The smallest absolute Gasteiger partial charge is 0.163 e. The van der Waals surface area contributed by atoms with E-state index in [9.17, 15) is 0 Å². The average molecular weight is 386 g/mol. The molecule has 0 bridgehead atoms. The number of imidazole rings is 1. The van der Waals surface area contributed by atoms with Gasteiger partial charge in [0.2, 0.25) is 0 Å². The zero-order valence-electron chi connectivity index (χ0n) is 12.6. The van der Waals surface area contributed by atoms with Gasteiger partial charge < -0.3 is 14.0 Å². The molecule has 0 saturated carbocycles. The summed E-state index contributed by atoms with van der Waals surface area (Å²) in [4.78, 5) is 4.46. The molecule has 1 aliphatic rings. The van der Waals surface area contributed by atoms with Crippen LogP contribution in [0.2, 0.25) is 5.02 Å². The summed E-state index contributed by atoms with van der Waals surface area (Å²) in [6.45, 7) is 5.23. The van der Waals surface area contributed by atoms with Gasteiger partial charge in [-0.3, -0.25) is 0 Å². The number of ether oxygens (including phenoxy) is 2. The molecule has 6 heteroatoms. The Hall–Kier alpha value is -0.880. The van der Waals surface area contributed by atoms with Gasteiger partial charge in [-0.05, 0) is 47.5 Å². The molecule has 1 atom stereocenters. The molecule has 0 aliphatic carbocycles. The highest BCUT2D eigenvalue weighted by molar-refractivity contribution is 9.10. The number of nitrogens with zero attached hydrogens (tertiary/aromatic N) is 2. The summed E-state index contributed by atoms with van der Waals surface area (Å²) in [7, 11) is 0. The Morgan fingerprint density at radius 1 is 1.45 bits per heavy atom. The second-order valence-corrected chi connectivity index (χ2v) is 7.13. The van der Waals surface area contributed by atoms with Crippen LogP contribution in [0, 0.1) is 0 Å². The monoisotopic (exact) mass is 384 g/mol. The Labute approximate surface area is 143 Å². The fourth-order valence-electron chi connectivity index (χ4n) is 2.58. The van der Waals surface area contributed by atoms with Crippen molar-refractivity contribution in [2.75, 3.05) is 6.61 Å². The van der Waals surface area contributed by atoms with Gasteiger partial charge in [0.05, 0.1) is 18.2 Å². The first-order chi connectivity index (χ1) is 10.4. The maximum atomic E-state index is 6.04. The van der Waals surface area contributed by atoms with Crippen LogP contribution < -0.4 is 0 Å². The van der Waals surface area contributed by atoms with Crippen molar-refractivity contribution in [1.29, 1.82) is 0 Å². The quantitative estimate of drug-likeness (QED) is 0.797. The first-order valence-corrected chi connectivity index (χ1v) is 8.36. The predicted molar refractivity (Wildman–Crippen MR) is 89.1 cm³/mol. The highest BCUT2D eigenvalue weighted by atomic mass is 79.9. The molecule has 0 spiro atoms. The van der Waals surface area contributed by atoms with E-state index < -0.39 is 5.79 Å². The van der Waals surface area contributed by atoms with Crippen molar-refractivity contribution >= 4 is 27.5 Å². The van der Waals surface area contributed by atoms with Crippen LogP contribution in [0.5, 0.6) is 0 Å². The second kappa shape index (κ2) is 6.32. The standard InChI is InChI=1S/C16H18BrClN2O2/c1-16(2)21-10-12(22-16)9-20-6-5-19-15(20)8-11-3-4-14(18)13(17)7-11/h3-7,12H,8-10H2,1-2H3. The number of rotatable bonds is 4. The van der Waals surface area contributed by atoms with E-state index in [1.807, 2.05) is 44.4 Å². The molecular weight excluding hydrogens is 368 g/mol. The topological polar surface area (TPSA) is 36.3 Å². The van der Waals surface area contributed by atoms with Crippen LogP contribution in [-0.4, -0.2) is 28.0 Å². The zero-order valence-corrected chi connectivity index (χ0v) is 14.9. The van der Waals surface area contributed by atoms with Crippen molar-refractivity contribution in [1.82, 2.24) is 9.55 Å². The third-order valence-electron chi connectivity index (χ3n) is 3.62. The Kier molecular flexibility index (Phi) is 4.59. The van der Waals surface area contributed by atoms with Crippen LogP contribution in [0.3, 0.4) is 0 Å². The normalized spacial score (nSPS) is 20.5. The summed E-state index contributed by atoms with van der Waals surface area (Å²) in [5, 5.41) is 0.714. The SMILES string of the molecule is CC1(C)OCC(Cn2ccnc2Cc2ccc(Cl)c(Br)c2)O1. The highest BCUT2D eigenvalue weighted by Gasteiger charge is 2.32. The van der Waals surface area contributed by atoms with E-state index in [0.717, 1.165) is 28.8 Å². The van der Waals surface area contributed by atoms with Crippen LogP contribution >= 0.6 is 27.5 Å². The molecule has 1 aromatic carbocycles. The van der Waals surface area contributed by atoms with Gasteiger partial charge in [0.25, 0.3) is 0 Å². The summed E-state index contributed by atoms with van der Waals surface area (Å²) in [5.74, 6) is 0.509. The van der Waals surface area contributed by atoms with Crippen molar-refractivity contribution in [2.24, 2.45) is 0 Å². The lowest BCUT2D eigenvalue weighted by Crippen LogP contribution is -2.24. The van der Waals surface area contributed by atoms with Crippen molar-refractivity contribution in [2.45, 2.75) is 38.7 Å². The van der Waals surface area contributed by atoms with E-state index in [4.69, 9.17) is 21.1 Å². The molecule has 1 aromatic heterocycles. The molecule has 1 fully saturated rings. The molecule has 1 saturated heterocycles. The van der Waals surface area contributed by atoms with Crippen LogP contribution in [0.1, 0.15) is 25.2 Å². The summed E-state index contributed by atoms with van der Waals surface area (Å²) in [6.07, 6.45) is 4.61. The van der Waals surface area contributed by atoms with Gasteiger partial charge in [0.1, 0.15) is 11.9 Å². The van der Waals surface area contributed by atoms with Crippen molar-refractivity contribution in [3.63, 3.8) is 0 Å². The maximum absolute atomic E-state index is 6.04. The second-order valence-electron chi connectivity index (χ2n) is 5.87. The van der Waals surface area contributed by atoms with E-state index in [-0.39, 0.29) is 6.10 Å². The van der Waals surface area contributed by atoms with Crippen molar-refractivity contribution in [3.8, 4) is 0 Å². The molecule has 1 unspecified atom stereocenters. The minimum absolute atomic E-state index is 0.0555. The third-order valence-corrected chi connectivity index (χ3v) is 4.83. The van der Waals surface area contributed by atoms with Gasteiger partial charge in [-0.2, -0.15) is 0 Å². The van der Waals surface area contributed by atoms with Gasteiger partial charge in [-0.1, -0.05) is 17.7 Å². The van der Waals surface area contributed by atoms with Crippen LogP contribution in [0.15, 0.2) is 35.1 Å². The van der Waals surface area contributed by atoms with Gasteiger partial charge in [-0.15, -0.1) is 0 Å². The number of halogens is 2. The Balaban J connectivity index is 1.71. The van der Waals surface area contributed by atoms with E-state index in [1.165, 1.54) is 0 Å². The fourth-order valence-corrected chi connectivity index (χ4v) is 3.12. The van der Waals surface area contributed by atoms with Gasteiger partial charge in [0.15, 0.2) is 5.79 Å². The zero-order chi connectivity index (χ0) is 15.7. The molecule has 118 valence electrons. The van der Waals surface area contributed by atoms with Gasteiger partial charge >= 0.3 is 0 Å². The molecule has 2 aromatic rings. The van der Waals surface area contributed by atoms with Crippen molar-refractivity contribution in [3.05, 3.63) is 51.5 Å². The van der Waals surface area contributed by atoms with Crippen LogP contribution in [0.25, 0.3) is 0 Å². The number of hydrogen-bond donors (Lipinski definition) is 0. The molecule has 0 radical (unpaired) electrons. The molecule has 4 nitrogen and oxygen atoms in total. The van der Waals surface area contributed by atoms with Gasteiger partial charge in [0, 0.05) is 23.3 Å². The molecule has 22 heavy (non-hydrogen) atoms. The largest absolute Gasteiger partial charge is 0.348 e. The average Bonchev–Trinajstić information content (AvgIpc) is 3.01. The van der Waals surface area contributed by atoms with Crippen LogP contribution in [0.4, 0.5) is 0 Å². The molecule has 2 heterocycles. The summed E-state index contributed by atoms with van der Waals surface area (Å²) in [5.41, 5.74) is 1.16. The minimum Gasteiger partial charge on any atom is -0.348 e. The summed E-state index contributed by atoms with van der Waals surface area (Å²) in [6, 6.07) is 5.94. The number of benzene rings is 1. The summed E-state index contributed by atoms with van der Waals surface area (Å²) >= 11 is 9.49. The number of hydrogen-bond acceptors (Lipinski definition) is 3. The van der Waals surface area contributed by atoms with E-state index in [0.29, 0.717) is 11.6 Å². The van der Waals surface area contributed by atoms with Crippen molar-refractivity contribution < 1.29 is 9.47 Å². The van der Waals surface area contributed by atoms with Gasteiger partial charge in [-0.25, -0.2) is 4.98 Å². The first-order valence-electron chi connectivity index (χ1n) is 7.19. The predicted octanol–water partition coefficient (Wildman–Crippen LogP) is 4.04. The lowest BCUT2D eigenvalue weighted by molar-refractivity contribution is -0.139. The molecule has 0 amide bonds. The van der Waals surface area contributed by atoms with E-state index in [1.54, 1.807) is 0 Å². The first kappa shape index (κ1) is 16.0. The maximum Gasteiger partial charge on any atom is 0.163 e. The molecule has 3 rings (SSSR count). The van der Waals surface area contributed by atoms with Crippen LogP contribution in [-0.2, 0) is 22.4 Å². The number of aromatic nitrogens is 2. The molecular formula is C16H18BrClN2O2. The Morgan fingerprint density at radius 3 is 2.95 bits per heavy atom. The lowest BCUT2D eigenvalue weighted by atomic mass is 10.1. The fraction of sp³-hybridized carbons (Fsp3) is 0.438. The highest BCUT2D eigenvalue weighted by Crippen LogP contribution is 2.25. The summed E-state index contributed by atoms with van der Waals surface area (Å²) < 4.78 is 14.5. The van der Waals surface area contributed by atoms with E-state index >= 15 is 0 Å². The Bertz CT molecular complexity index is 672. The van der Waals surface area contributed by atoms with E-state index in [2.05, 4.69) is 25.5 Å². The third kappa shape index (κ3) is 3.71. The Morgan fingerprint density at radius 2 is 2.27 bits per heavy atom. The lowest BCUT2D eigenvalue weighted by Gasteiger charge is -2.18. The molecule has 0 N–H and O–H groups in total.